The maximum absolute atomic E-state index is 13.5. The van der Waals surface area contributed by atoms with Gasteiger partial charge in [-0.15, -0.1) is 0 Å². The lowest BCUT2D eigenvalue weighted by Crippen LogP contribution is -2.49. The fourth-order valence-corrected chi connectivity index (χ4v) is 6.15. The number of rotatable bonds is 5. The molecule has 0 spiro atoms. The van der Waals surface area contributed by atoms with Crippen LogP contribution < -0.4 is 11.1 Å². The largest absolute Gasteiger partial charge is 0.444 e. The van der Waals surface area contributed by atoms with Crippen LogP contribution in [0.4, 0.5) is 4.79 Å². The highest BCUT2D eigenvalue weighted by molar-refractivity contribution is 7.92. The Morgan fingerprint density at radius 2 is 1.69 bits per heavy atom. The molecule has 3 atom stereocenters. The Balaban J connectivity index is 2.02. The van der Waals surface area contributed by atoms with Gasteiger partial charge in [-0.1, -0.05) is 48.0 Å². The van der Waals surface area contributed by atoms with E-state index in [0.29, 0.717) is 0 Å². The number of hydrogen-bond acceptors (Lipinski definition) is 5. The minimum Gasteiger partial charge on any atom is -0.444 e. The summed E-state index contributed by atoms with van der Waals surface area (Å²) < 4.78 is 32.3. The van der Waals surface area contributed by atoms with Gasteiger partial charge in [0.2, 0.25) is 0 Å². The lowest BCUT2D eigenvalue weighted by atomic mass is 10.1. The van der Waals surface area contributed by atoms with E-state index in [2.05, 4.69) is 5.32 Å². The number of carbonyl (C=O) groups is 1. The van der Waals surface area contributed by atoms with Crippen LogP contribution in [0.15, 0.2) is 59.5 Å². The van der Waals surface area contributed by atoms with Gasteiger partial charge in [0, 0.05) is 12.5 Å². The summed E-state index contributed by atoms with van der Waals surface area (Å²) >= 11 is 0. The molecule has 0 bridgehead atoms. The molecule has 1 fully saturated rings. The van der Waals surface area contributed by atoms with E-state index >= 15 is 0 Å². The second kappa shape index (κ2) is 7.46. The fraction of sp³-hybridized carbons (Fsp3) is 0.409. The van der Waals surface area contributed by atoms with Gasteiger partial charge in [-0.3, -0.25) is 0 Å². The first-order valence-corrected chi connectivity index (χ1v) is 11.1. The Labute approximate surface area is 172 Å². The van der Waals surface area contributed by atoms with E-state index in [1.54, 1.807) is 45.0 Å². The first-order valence-electron chi connectivity index (χ1n) is 9.58. The van der Waals surface area contributed by atoms with E-state index < -0.39 is 38.2 Å². The summed E-state index contributed by atoms with van der Waals surface area (Å²) in [6, 6.07) is 16.0. The number of nitrogens with one attached hydrogen (secondary N) is 1. The van der Waals surface area contributed by atoms with Gasteiger partial charge in [0.05, 0.1) is 10.4 Å². The molecule has 1 aliphatic carbocycles. The minimum absolute atomic E-state index is 0.0262. The quantitative estimate of drug-likeness (QED) is 0.780. The number of sulfone groups is 1. The number of carbonyl (C=O) groups excluding carboxylic acids is 1. The van der Waals surface area contributed by atoms with Gasteiger partial charge in [0.15, 0.2) is 9.84 Å². The van der Waals surface area contributed by atoms with Crippen LogP contribution in [0.3, 0.4) is 0 Å². The Kier molecular flexibility index (Phi) is 5.49. The third kappa shape index (κ3) is 4.16. The number of hydrogen-bond donors (Lipinski definition) is 2. The molecule has 1 aliphatic rings. The van der Waals surface area contributed by atoms with Crippen molar-refractivity contribution in [2.45, 2.75) is 54.9 Å². The molecule has 0 aromatic heterocycles. The van der Waals surface area contributed by atoms with E-state index in [1.807, 2.05) is 37.3 Å². The van der Waals surface area contributed by atoms with E-state index in [-0.39, 0.29) is 11.4 Å². The Morgan fingerprint density at radius 1 is 1.10 bits per heavy atom. The molecule has 0 unspecified atom stereocenters. The molecule has 0 heterocycles. The zero-order valence-electron chi connectivity index (χ0n) is 17.2. The number of amides is 1. The minimum atomic E-state index is -3.74. The molecule has 6 nitrogen and oxygen atoms in total. The van der Waals surface area contributed by atoms with Crippen molar-refractivity contribution >= 4 is 15.9 Å². The zero-order chi connectivity index (χ0) is 21.4. The monoisotopic (exact) mass is 416 g/mol. The van der Waals surface area contributed by atoms with Crippen LogP contribution in [0.2, 0.25) is 0 Å². The van der Waals surface area contributed by atoms with E-state index in [0.717, 1.165) is 11.1 Å². The van der Waals surface area contributed by atoms with E-state index in [4.69, 9.17) is 10.5 Å². The summed E-state index contributed by atoms with van der Waals surface area (Å²) in [5, 5.41) is 1.92. The SMILES string of the molecule is Cc1ccc(S(=O)(=O)[C@@H]2[C@@H](c3ccccc3)[C@]2(CN)NC(=O)OC(C)(C)C)cc1. The Bertz CT molecular complexity index is 982. The van der Waals surface area contributed by atoms with Crippen molar-refractivity contribution in [3.05, 3.63) is 65.7 Å². The van der Waals surface area contributed by atoms with Crippen LogP contribution in [0, 0.1) is 6.92 Å². The number of alkyl carbamates (subject to hydrolysis) is 1. The average Bonchev–Trinajstić information content (AvgIpc) is 3.30. The summed E-state index contributed by atoms with van der Waals surface area (Å²) in [5.74, 6) is -0.465. The first kappa shape index (κ1) is 21.3. The molecule has 0 aliphatic heterocycles. The molecule has 3 N–H and O–H groups in total. The fourth-order valence-electron chi connectivity index (χ4n) is 3.80. The highest BCUT2D eigenvalue weighted by Gasteiger charge is 2.71. The summed E-state index contributed by atoms with van der Waals surface area (Å²) in [7, 11) is -3.74. The maximum atomic E-state index is 13.5. The van der Waals surface area contributed by atoms with Crippen LogP contribution in [0.5, 0.6) is 0 Å². The molecular formula is C22H28N2O4S. The van der Waals surface area contributed by atoms with Crippen LogP contribution in [-0.4, -0.2) is 37.4 Å². The van der Waals surface area contributed by atoms with Crippen LogP contribution in [0.25, 0.3) is 0 Å². The van der Waals surface area contributed by atoms with E-state index in [9.17, 15) is 13.2 Å². The predicted molar refractivity (Wildman–Crippen MR) is 112 cm³/mol. The summed E-state index contributed by atoms with van der Waals surface area (Å²) in [5.41, 5.74) is 6.01. The van der Waals surface area contributed by atoms with Gasteiger partial charge in [-0.05, 0) is 45.4 Å². The molecule has 29 heavy (non-hydrogen) atoms. The molecule has 7 heteroatoms. The van der Waals surface area contributed by atoms with Crippen molar-refractivity contribution < 1.29 is 17.9 Å². The molecule has 0 saturated heterocycles. The van der Waals surface area contributed by atoms with Crippen molar-refractivity contribution in [2.75, 3.05) is 6.54 Å². The Hall–Kier alpha value is -2.38. The molecule has 2 aromatic rings. The lowest BCUT2D eigenvalue weighted by molar-refractivity contribution is 0.0497. The van der Waals surface area contributed by atoms with Gasteiger partial charge in [0.1, 0.15) is 10.9 Å². The number of aryl methyl sites for hydroxylation is 1. The van der Waals surface area contributed by atoms with Crippen molar-refractivity contribution in [3.63, 3.8) is 0 Å². The normalized spacial score (nSPS) is 24.0. The topological polar surface area (TPSA) is 98.5 Å². The smallest absolute Gasteiger partial charge is 0.408 e. The molecule has 0 radical (unpaired) electrons. The molecule has 1 amide bonds. The summed E-state index contributed by atoms with van der Waals surface area (Å²) in [6.45, 7) is 7.13. The molecule has 156 valence electrons. The molecule has 2 aromatic carbocycles. The van der Waals surface area contributed by atoms with Crippen molar-refractivity contribution in [1.82, 2.24) is 5.32 Å². The third-order valence-electron chi connectivity index (χ3n) is 5.17. The second-order valence-corrected chi connectivity index (χ2v) is 10.6. The van der Waals surface area contributed by atoms with Gasteiger partial charge in [-0.2, -0.15) is 0 Å². The predicted octanol–water partition coefficient (Wildman–Crippen LogP) is 3.16. The standard InChI is InChI=1S/C22H28N2O4S/c1-15-10-12-17(13-11-15)29(26,27)19-18(16-8-6-5-7-9-16)22(19,14-23)24-20(25)28-21(2,3)4/h5-13,18-19H,14,23H2,1-4H3,(H,24,25)/t18-,19-,22+/m1/s1. The van der Waals surface area contributed by atoms with Crippen molar-refractivity contribution in [2.24, 2.45) is 5.73 Å². The highest BCUT2D eigenvalue weighted by Crippen LogP contribution is 2.56. The molecular weight excluding hydrogens is 388 g/mol. The zero-order valence-corrected chi connectivity index (χ0v) is 18.0. The first-order chi connectivity index (χ1) is 13.5. The number of nitrogens with two attached hydrogens (primary N) is 1. The van der Waals surface area contributed by atoms with Crippen LogP contribution in [-0.2, 0) is 14.6 Å². The summed E-state index contributed by atoms with van der Waals surface area (Å²) in [4.78, 5) is 12.7. The van der Waals surface area contributed by atoms with Crippen molar-refractivity contribution in [3.8, 4) is 0 Å². The molecule has 1 saturated carbocycles. The van der Waals surface area contributed by atoms with Gasteiger partial charge < -0.3 is 15.8 Å². The van der Waals surface area contributed by atoms with Gasteiger partial charge >= 0.3 is 6.09 Å². The van der Waals surface area contributed by atoms with Crippen LogP contribution in [0.1, 0.15) is 37.8 Å². The maximum Gasteiger partial charge on any atom is 0.408 e. The Morgan fingerprint density at radius 3 is 2.21 bits per heavy atom. The lowest BCUT2D eigenvalue weighted by Gasteiger charge is -2.24. The van der Waals surface area contributed by atoms with Crippen LogP contribution >= 0.6 is 0 Å². The second-order valence-electron chi connectivity index (χ2n) is 8.54. The molecule has 3 rings (SSSR count). The average molecular weight is 417 g/mol. The highest BCUT2D eigenvalue weighted by atomic mass is 32.2. The summed E-state index contributed by atoms with van der Waals surface area (Å²) in [6.07, 6.45) is -0.675. The van der Waals surface area contributed by atoms with Gasteiger partial charge in [-0.25, -0.2) is 13.2 Å². The number of ether oxygens (including phenoxy) is 1. The van der Waals surface area contributed by atoms with E-state index in [1.165, 1.54) is 0 Å². The third-order valence-corrected chi connectivity index (χ3v) is 7.46. The van der Waals surface area contributed by atoms with Gasteiger partial charge in [0.25, 0.3) is 0 Å². The van der Waals surface area contributed by atoms with Crippen molar-refractivity contribution in [1.29, 1.82) is 0 Å². The number of benzene rings is 2.